The van der Waals surface area contributed by atoms with Crippen molar-refractivity contribution in [3.05, 3.63) is 42.0 Å². The summed E-state index contributed by atoms with van der Waals surface area (Å²) in [5.74, 6) is 2.24. The summed E-state index contributed by atoms with van der Waals surface area (Å²) in [5, 5.41) is 12.8. The third-order valence-corrected chi connectivity index (χ3v) is 2.74. The molecule has 0 bridgehead atoms. The fraction of sp³-hybridized carbons (Fsp3) is 0.500. The summed E-state index contributed by atoms with van der Waals surface area (Å²) in [7, 11) is 0. The lowest BCUT2D eigenvalue weighted by atomic mass is 10.3. The Balaban J connectivity index is 1.56. The van der Waals surface area contributed by atoms with Gasteiger partial charge in [-0.1, -0.05) is 6.92 Å². The first-order valence-corrected chi connectivity index (χ1v) is 6.70. The van der Waals surface area contributed by atoms with Crippen LogP contribution in [0, 0.1) is 0 Å². The van der Waals surface area contributed by atoms with Crippen molar-refractivity contribution < 1.29 is 18.7 Å². The molecule has 0 aliphatic rings. The molecule has 0 saturated heterocycles. The number of nitrogens with one attached hydrogen (secondary N) is 1. The Hall–Kier alpha value is -1.63. The van der Waals surface area contributed by atoms with Gasteiger partial charge in [0, 0.05) is 13.0 Å². The van der Waals surface area contributed by atoms with E-state index in [1.54, 1.807) is 18.5 Å². The number of hydrogen-bond donors (Lipinski definition) is 2. The van der Waals surface area contributed by atoms with E-state index in [2.05, 4.69) is 10.3 Å². The van der Waals surface area contributed by atoms with Gasteiger partial charge in [0.15, 0.2) is 0 Å². The molecule has 20 heavy (non-hydrogen) atoms. The molecule has 0 fully saturated rings. The van der Waals surface area contributed by atoms with Gasteiger partial charge in [-0.25, -0.2) is 4.98 Å². The van der Waals surface area contributed by atoms with Gasteiger partial charge in [0.25, 0.3) is 0 Å². The van der Waals surface area contributed by atoms with Gasteiger partial charge in [-0.05, 0) is 12.1 Å². The molecule has 2 aromatic heterocycles. The number of aromatic nitrogens is 1. The largest absolute Gasteiger partial charge is 0.467 e. The number of nitrogens with zero attached hydrogens (tertiary/aromatic N) is 1. The van der Waals surface area contributed by atoms with Gasteiger partial charge in [-0.3, -0.25) is 0 Å². The molecule has 6 heteroatoms. The molecule has 0 radical (unpaired) electrons. The van der Waals surface area contributed by atoms with Gasteiger partial charge in [0.2, 0.25) is 5.89 Å². The molecule has 2 rings (SSSR count). The smallest absolute Gasteiger partial charge is 0.208 e. The molecular weight excluding hydrogens is 260 g/mol. The topological polar surface area (TPSA) is 80.7 Å². The van der Waals surface area contributed by atoms with Crippen molar-refractivity contribution in [2.24, 2.45) is 0 Å². The van der Waals surface area contributed by atoms with Gasteiger partial charge in [-0.15, -0.1) is 0 Å². The van der Waals surface area contributed by atoms with Crippen LogP contribution in [0.5, 0.6) is 0 Å². The highest BCUT2D eigenvalue weighted by molar-refractivity contribution is 4.96. The minimum Gasteiger partial charge on any atom is -0.467 e. The zero-order chi connectivity index (χ0) is 14.2. The molecule has 0 amide bonds. The SMILES string of the molecule is CCc1cnc(CNCC(O)COCc2ccco2)o1. The van der Waals surface area contributed by atoms with Gasteiger partial charge >= 0.3 is 0 Å². The van der Waals surface area contributed by atoms with E-state index in [4.69, 9.17) is 13.6 Å². The van der Waals surface area contributed by atoms with Crippen LogP contribution < -0.4 is 5.32 Å². The van der Waals surface area contributed by atoms with Crippen molar-refractivity contribution in [2.75, 3.05) is 13.2 Å². The van der Waals surface area contributed by atoms with Crippen LogP contribution >= 0.6 is 0 Å². The van der Waals surface area contributed by atoms with Gasteiger partial charge < -0.3 is 24.0 Å². The monoisotopic (exact) mass is 280 g/mol. The third kappa shape index (κ3) is 4.80. The van der Waals surface area contributed by atoms with Gasteiger partial charge in [-0.2, -0.15) is 0 Å². The van der Waals surface area contributed by atoms with E-state index in [9.17, 15) is 5.11 Å². The summed E-state index contributed by atoms with van der Waals surface area (Å²) >= 11 is 0. The summed E-state index contributed by atoms with van der Waals surface area (Å²) < 4.78 is 15.9. The fourth-order valence-corrected chi connectivity index (χ4v) is 1.69. The molecule has 2 N–H and O–H groups in total. The average Bonchev–Trinajstić information content (AvgIpc) is 3.10. The summed E-state index contributed by atoms with van der Waals surface area (Å²) in [5.41, 5.74) is 0. The number of oxazole rings is 1. The maximum absolute atomic E-state index is 9.74. The Morgan fingerprint density at radius 2 is 2.35 bits per heavy atom. The van der Waals surface area contributed by atoms with E-state index in [1.165, 1.54) is 0 Å². The van der Waals surface area contributed by atoms with Crippen molar-refractivity contribution in [1.29, 1.82) is 0 Å². The molecule has 0 spiro atoms. The van der Waals surface area contributed by atoms with Crippen molar-refractivity contribution in [3.63, 3.8) is 0 Å². The summed E-state index contributed by atoms with van der Waals surface area (Å²) in [6.45, 7) is 3.54. The Kier molecular flexibility index (Phi) is 5.79. The number of aryl methyl sites for hydroxylation is 1. The van der Waals surface area contributed by atoms with Crippen LogP contribution in [0.25, 0.3) is 0 Å². The lowest BCUT2D eigenvalue weighted by molar-refractivity contribution is 0.0223. The molecule has 6 nitrogen and oxygen atoms in total. The summed E-state index contributed by atoms with van der Waals surface area (Å²) in [6.07, 6.45) is 3.57. The van der Waals surface area contributed by atoms with E-state index in [0.717, 1.165) is 17.9 Å². The van der Waals surface area contributed by atoms with Crippen molar-refractivity contribution in [2.45, 2.75) is 32.6 Å². The molecule has 1 atom stereocenters. The molecule has 2 heterocycles. The minimum atomic E-state index is -0.578. The highest BCUT2D eigenvalue weighted by atomic mass is 16.5. The fourth-order valence-electron chi connectivity index (χ4n) is 1.69. The summed E-state index contributed by atoms with van der Waals surface area (Å²) in [4.78, 5) is 4.13. The quantitative estimate of drug-likeness (QED) is 0.724. The molecule has 110 valence electrons. The number of aliphatic hydroxyl groups is 1. The first kappa shape index (κ1) is 14.8. The maximum Gasteiger partial charge on any atom is 0.208 e. The number of furan rings is 1. The molecular formula is C14H20N2O4. The molecule has 1 unspecified atom stereocenters. The number of hydrogen-bond acceptors (Lipinski definition) is 6. The molecule has 0 aliphatic carbocycles. The van der Waals surface area contributed by atoms with Gasteiger partial charge in [0.05, 0.1) is 31.7 Å². The van der Waals surface area contributed by atoms with Crippen LogP contribution in [0.1, 0.15) is 24.3 Å². The van der Waals surface area contributed by atoms with E-state index >= 15 is 0 Å². The van der Waals surface area contributed by atoms with E-state index in [-0.39, 0.29) is 6.61 Å². The Labute approximate surface area is 117 Å². The lowest BCUT2D eigenvalue weighted by Gasteiger charge is -2.10. The van der Waals surface area contributed by atoms with E-state index < -0.39 is 6.10 Å². The zero-order valence-corrected chi connectivity index (χ0v) is 11.5. The second-order valence-electron chi connectivity index (χ2n) is 4.45. The predicted octanol–water partition coefficient (Wildman–Crippen LogP) is 1.50. The molecule has 0 aliphatic heterocycles. The van der Waals surface area contributed by atoms with Crippen LogP contribution in [0.4, 0.5) is 0 Å². The molecule has 0 saturated carbocycles. The highest BCUT2D eigenvalue weighted by Gasteiger charge is 2.07. The lowest BCUT2D eigenvalue weighted by Crippen LogP contribution is -2.30. The average molecular weight is 280 g/mol. The molecule has 2 aromatic rings. The van der Waals surface area contributed by atoms with Crippen LogP contribution in [0.15, 0.2) is 33.4 Å². The standard InChI is InChI=1S/C14H20N2O4/c1-2-12-7-16-14(20-12)8-15-6-11(17)9-18-10-13-4-3-5-19-13/h3-5,7,11,15,17H,2,6,8-10H2,1H3. The third-order valence-electron chi connectivity index (χ3n) is 2.74. The van der Waals surface area contributed by atoms with Crippen molar-refractivity contribution >= 4 is 0 Å². The second kappa shape index (κ2) is 7.84. The van der Waals surface area contributed by atoms with Crippen LogP contribution in [0.3, 0.4) is 0 Å². The highest BCUT2D eigenvalue weighted by Crippen LogP contribution is 2.04. The summed E-state index contributed by atoms with van der Waals surface area (Å²) in [6, 6.07) is 3.64. The Bertz CT molecular complexity index is 481. The minimum absolute atomic E-state index is 0.249. The number of ether oxygens (including phenoxy) is 1. The Morgan fingerprint density at radius 3 is 3.05 bits per heavy atom. The Morgan fingerprint density at radius 1 is 1.45 bits per heavy atom. The zero-order valence-electron chi connectivity index (χ0n) is 11.5. The first-order valence-electron chi connectivity index (χ1n) is 6.70. The predicted molar refractivity (Wildman–Crippen MR) is 72.0 cm³/mol. The van der Waals surface area contributed by atoms with Crippen LogP contribution in [-0.2, 0) is 24.3 Å². The van der Waals surface area contributed by atoms with Crippen molar-refractivity contribution in [1.82, 2.24) is 10.3 Å². The second-order valence-corrected chi connectivity index (χ2v) is 4.45. The number of aliphatic hydroxyl groups excluding tert-OH is 1. The van der Waals surface area contributed by atoms with Crippen molar-refractivity contribution in [3.8, 4) is 0 Å². The van der Waals surface area contributed by atoms with E-state index in [0.29, 0.717) is 25.6 Å². The van der Waals surface area contributed by atoms with E-state index in [1.807, 2.05) is 13.0 Å². The normalized spacial score (nSPS) is 12.7. The first-order chi connectivity index (χ1) is 9.78. The van der Waals surface area contributed by atoms with Crippen LogP contribution in [0.2, 0.25) is 0 Å². The van der Waals surface area contributed by atoms with Crippen LogP contribution in [-0.4, -0.2) is 29.3 Å². The molecule has 0 aromatic carbocycles. The maximum atomic E-state index is 9.74. The number of rotatable bonds is 9. The van der Waals surface area contributed by atoms with Gasteiger partial charge in [0.1, 0.15) is 18.1 Å².